The minimum atomic E-state index is -0.534. The standard InChI is InChI=1S/C9H22N2O2/c1-7(5-10)12-9(3,4)13-8(2)6-11/h7-8H,5-6,10-11H2,1-4H3/p+2. The lowest BCUT2D eigenvalue weighted by Gasteiger charge is -2.30. The normalized spacial score (nSPS) is 17.1. The summed E-state index contributed by atoms with van der Waals surface area (Å²) in [6.07, 6.45) is 0.263. The summed E-state index contributed by atoms with van der Waals surface area (Å²) in [4.78, 5) is 0. The van der Waals surface area contributed by atoms with Gasteiger partial charge in [0, 0.05) is 0 Å². The van der Waals surface area contributed by atoms with Crippen LogP contribution in [0.25, 0.3) is 0 Å². The molecule has 0 saturated carbocycles. The minimum Gasteiger partial charge on any atom is -0.355 e. The monoisotopic (exact) mass is 192 g/mol. The van der Waals surface area contributed by atoms with Gasteiger partial charge in [0.25, 0.3) is 0 Å². The Bertz CT molecular complexity index is 126. The highest BCUT2D eigenvalue weighted by molar-refractivity contribution is 4.60. The third kappa shape index (κ3) is 5.99. The summed E-state index contributed by atoms with van der Waals surface area (Å²) in [5.41, 5.74) is 7.55. The summed E-state index contributed by atoms with van der Waals surface area (Å²) >= 11 is 0. The second-order valence-corrected chi connectivity index (χ2v) is 3.83. The topological polar surface area (TPSA) is 73.7 Å². The number of rotatable bonds is 6. The SMILES string of the molecule is CC(C[NH3+])OC(C)(C)OC(C)C[NH3+]. The summed E-state index contributed by atoms with van der Waals surface area (Å²) < 4.78 is 11.3. The van der Waals surface area contributed by atoms with E-state index in [4.69, 9.17) is 9.47 Å². The van der Waals surface area contributed by atoms with Crippen molar-refractivity contribution in [3.8, 4) is 0 Å². The van der Waals surface area contributed by atoms with Gasteiger partial charge < -0.3 is 20.9 Å². The van der Waals surface area contributed by atoms with E-state index in [9.17, 15) is 0 Å². The van der Waals surface area contributed by atoms with Crippen LogP contribution in [-0.2, 0) is 9.47 Å². The molecule has 2 atom stereocenters. The van der Waals surface area contributed by atoms with Gasteiger partial charge in [0.05, 0.1) is 0 Å². The number of hydrogen-bond donors (Lipinski definition) is 2. The van der Waals surface area contributed by atoms with Crippen LogP contribution in [0.3, 0.4) is 0 Å². The minimum absolute atomic E-state index is 0.131. The summed E-state index contributed by atoms with van der Waals surface area (Å²) in [6, 6.07) is 0. The molecule has 0 bridgehead atoms. The van der Waals surface area contributed by atoms with Gasteiger partial charge in [-0.25, -0.2) is 0 Å². The first-order chi connectivity index (χ1) is 5.91. The van der Waals surface area contributed by atoms with Crippen LogP contribution in [0.15, 0.2) is 0 Å². The van der Waals surface area contributed by atoms with Gasteiger partial charge >= 0.3 is 0 Å². The zero-order chi connectivity index (χ0) is 10.5. The molecule has 0 spiro atoms. The lowest BCUT2D eigenvalue weighted by atomic mass is 10.3. The molecule has 13 heavy (non-hydrogen) atoms. The molecule has 0 aliphatic carbocycles. The van der Waals surface area contributed by atoms with Crippen LogP contribution in [0.5, 0.6) is 0 Å². The Kier molecular flexibility index (Phi) is 5.48. The van der Waals surface area contributed by atoms with E-state index in [-0.39, 0.29) is 12.2 Å². The molecular weight excluding hydrogens is 168 g/mol. The van der Waals surface area contributed by atoms with Crippen molar-refractivity contribution in [3.05, 3.63) is 0 Å². The van der Waals surface area contributed by atoms with Gasteiger partial charge in [-0.3, -0.25) is 0 Å². The average Bonchev–Trinajstić information content (AvgIpc) is 2.02. The molecule has 4 heteroatoms. The molecule has 4 nitrogen and oxygen atoms in total. The molecule has 2 unspecified atom stereocenters. The van der Waals surface area contributed by atoms with Crippen molar-refractivity contribution in [2.24, 2.45) is 0 Å². The van der Waals surface area contributed by atoms with Crippen molar-refractivity contribution in [3.63, 3.8) is 0 Å². The van der Waals surface area contributed by atoms with Crippen LogP contribution < -0.4 is 11.5 Å². The fraction of sp³-hybridized carbons (Fsp3) is 1.00. The van der Waals surface area contributed by atoms with E-state index in [1.807, 2.05) is 27.7 Å². The first-order valence-corrected chi connectivity index (χ1v) is 4.85. The van der Waals surface area contributed by atoms with Crippen molar-refractivity contribution >= 4 is 0 Å². The van der Waals surface area contributed by atoms with Crippen molar-refractivity contribution in [1.29, 1.82) is 0 Å². The molecule has 0 fully saturated rings. The number of ether oxygens (including phenoxy) is 2. The molecular formula is C9H24N2O2+2. The van der Waals surface area contributed by atoms with Gasteiger partial charge in [0.15, 0.2) is 5.79 Å². The van der Waals surface area contributed by atoms with E-state index in [1.54, 1.807) is 0 Å². The van der Waals surface area contributed by atoms with Crippen LogP contribution in [0.1, 0.15) is 27.7 Å². The molecule has 0 rings (SSSR count). The summed E-state index contributed by atoms with van der Waals surface area (Å²) in [5, 5.41) is 0. The maximum atomic E-state index is 5.65. The summed E-state index contributed by atoms with van der Waals surface area (Å²) in [5.74, 6) is -0.534. The Morgan fingerprint density at radius 1 is 1.00 bits per heavy atom. The predicted molar refractivity (Wildman–Crippen MR) is 50.7 cm³/mol. The van der Waals surface area contributed by atoms with E-state index in [0.717, 1.165) is 13.1 Å². The second-order valence-electron chi connectivity index (χ2n) is 3.83. The van der Waals surface area contributed by atoms with Crippen molar-refractivity contribution in [1.82, 2.24) is 0 Å². The van der Waals surface area contributed by atoms with Gasteiger partial charge in [-0.2, -0.15) is 0 Å². The van der Waals surface area contributed by atoms with E-state index in [2.05, 4.69) is 11.5 Å². The third-order valence-electron chi connectivity index (χ3n) is 1.78. The Morgan fingerprint density at radius 2 is 1.31 bits per heavy atom. The third-order valence-corrected chi connectivity index (χ3v) is 1.78. The smallest absolute Gasteiger partial charge is 0.164 e. The zero-order valence-electron chi connectivity index (χ0n) is 9.30. The summed E-state index contributed by atoms with van der Waals surface area (Å²) in [7, 11) is 0. The Hall–Kier alpha value is -0.160. The lowest BCUT2D eigenvalue weighted by Crippen LogP contribution is -2.58. The van der Waals surface area contributed by atoms with Crippen molar-refractivity contribution in [2.45, 2.75) is 45.7 Å². The van der Waals surface area contributed by atoms with E-state index in [0.29, 0.717) is 0 Å². The van der Waals surface area contributed by atoms with Crippen molar-refractivity contribution < 1.29 is 20.9 Å². The van der Waals surface area contributed by atoms with Gasteiger partial charge in [-0.05, 0) is 27.7 Å². The maximum Gasteiger partial charge on any atom is 0.164 e. The zero-order valence-corrected chi connectivity index (χ0v) is 9.30. The molecule has 0 heterocycles. The van der Waals surface area contributed by atoms with Gasteiger partial charge in [0.2, 0.25) is 0 Å². The van der Waals surface area contributed by atoms with Gasteiger partial charge in [-0.15, -0.1) is 0 Å². The lowest BCUT2D eigenvalue weighted by molar-refractivity contribution is -0.413. The largest absolute Gasteiger partial charge is 0.355 e. The highest BCUT2D eigenvalue weighted by Gasteiger charge is 2.24. The van der Waals surface area contributed by atoms with Crippen LogP contribution in [-0.4, -0.2) is 31.1 Å². The molecule has 0 aromatic rings. The Labute approximate surface area is 80.6 Å². The van der Waals surface area contributed by atoms with Crippen molar-refractivity contribution in [2.75, 3.05) is 13.1 Å². The Morgan fingerprint density at radius 3 is 1.54 bits per heavy atom. The molecule has 0 aromatic heterocycles. The van der Waals surface area contributed by atoms with E-state index in [1.165, 1.54) is 0 Å². The van der Waals surface area contributed by atoms with Crippen LogP contribution in [0.2, 0.25) is 0 Å². The fourth-order valence-electron chi connectivity index (χ4n) is 1.11. The molecule has 0 aliphatic heterocycles. The van der Waals surface area contributed by atoms with E-state index < -0.39 is 5.79 Å². The number of quaternary nitrogens is 2. The quantitative estimate of drug-likeness (QED) is 0.531. The van der Waals surface area contributed by atoms with Gasteiger partial charge in [-0.1, -0.05) is 0 Å². The predicted octanol–water partition coefficient (Wildman–Crippen LogP) is -0.983. The first kappa shape index (κ1) is 12.8. The molecule has 0 aliphatic rings. The van der Waals surface area contributed by atoms with E-state index >= 15 is 0 Å². The van der Waals surface area contributed by atoms with Crippen LogP contribution in [0.4, 0.5) is 0 Å². The first-order valence-electron chi connectivity index (χ1n) is 4.85. The highest BCUT2D eigenvalue weighted by atomic mass is 16.7. The molecule has 80 valence electrons. The summed E-state index contributed by atoms with van der Waals surface area (Å²) in [6.45, 7) is 9.34. The second kappa shape index (κ2) is 5.54. The van der Waals surface area contributed by atoms with Crippen LogP contribution in [0, 0.1) is 0 Å². The van der Waals surface area contributed by atoms with Gasteiger partial charge in [0.1, 0.15) is 25.3 Å². The average molecular weight is 192 g/mol. The molecule has 6 N–H and O–H groups in total. The molecule has 0 aromatic carbocycles. The van der Waals surface area contributed by atoms with Crippen LogP contribution >= 0.6 is 0 Å². The molecule has 0 amide bonds. The maximum absolute atomic E-state index is 5.65. The highest BCUT2D eigenvalue weighted by Crippen LogP contribution is 2.15. The molecule has 0 saturated heterocycles. The number of hydrogen-bond acceptors (Lipinski definition) is 2. The molecule has 0 radical (unpaired) electrons. The fourth-order valence-corrected chi connectivity index (χ4v) is 1.11. The Balaban J connectivity index is 3.92.